The van der Waals surface area contributed by atoms with Gasteiger partial charge in [-0.3, -0.25) is 0 Å². The Morgan fingerprint density at radius 3 is 2.36 bits per heavy atom. The van der Waals surface area contributed by atoms with Gasteiger partial charge in [-0.05, 0) is 25.2 Å². The fourth-order valence-electron chi connectivity index (χ4n) is 0.644. The zero-order valence-electron chi connectivity index (χ0n) is 7.88. The molecule has 1 unspecified atom stereocenters. The molecule has 0 heterocycles. The minimum absolute atomic E-state index is 0.441. The van der Waals surface area contributed by atoms with Crippen LogP contribution < -0.4 is 0 Å². The average molecular weight is 151 g/mol. The smallest absolute Gasteiger partial charge is 0.0207 e. The summed E-state index contributed by atoms with van der Waals surface area (Å²) in [5, 5.41) is 0. The van der Waals surface area contributed by atoms with Crippen LogP contribution in [0.1, 0.15) is 27.2 Å². The van der Waals surface area contributed by atoms with Gasteiger partial charge in [-0.1, -0.05) is 45.1 Å². The van der Waals surface area contributed by atoms with Crippen LogP contribution in [0.15, 0.2) is 24.3 Å². The Morgan fingerprint density at radius 2 is 1.91 bits per heavy atom. The van der Waals surface area contributed by atoms with E-state index < -0.39 is 0 Å². The third kappa shape index (κ3) is 5.90. The first kappa shape index (κ1) is 10.5. The SMILES string of the molecule is [CH2]C(/C=C/C=C/CC)C(C)C. The third-order valence-corrected chi connectivity index (χ3v) is 1.70. The summed E-state index contributed by atoms with van der Waals surface area (Å²) in [6.07, 6.45) is 9.57. The third-order valence-electron chi connectivity index (χ3n) is 1.70. The molecule has 0 aromatic heterocycles. The highest BCUT2D eigenvalue weighted by Gasteiger charge is 2.00. The van der Waals surface area contributed by atoms with Crippen molar-refractivity contribution in [3.05, 3.63) is 31.2 Å². The van der Waals surface area contributed by atoms with E-state index in [1.54, 1.807) is 0 Å². The van der Waals surface area contributed by atoms with Gasteiger partial charge in [-0.2, -0.15) is 0 Å². The van der Waals surface area contributed by atoms with E-state index in [4.69, 9.17) is 0 Å². The Kier molecular flexibility index (Phi) is 5.91. The summed E-state index contributed by atoms with van der Waals surface area (Å²) in [6, 6.07) is 0. The normalized spacial score (nSPS) is 15.4. The van der Waals surface area contributed by atoms with Gasteiger partial charge in [0.1, 0.15) is 0 Å². The summed E-state index contributed by atoms with van der Waals surface area (Å²) in [5.74, 6) is 1.08. The van der Waals surface area contributed by atoms with Crippen molar-refractivity contribution in [2.24, 2.45) is 11.8 Å². The van der Waals surface area contributed by atoms with Crippen molar-refractivity contribution in [2.45, 2.75) is 27.2 Å². The van der Waals surface area contributed by atoms with Crippen molar-refractivity contribution >= 4 is 0 Å². The second-order valence-electron chi connectivity index (χ2n) is 3.13. The van der Waals surface area contributed by atoms with Gasteiger partial charge in [0.15, 0.2) is 0 Å². The summed E-state index contributed by atoms with van der Waals surface area (Å²) in [6.45, 7) is 10.5. The van der Waals surface area contributed by atoms with Crippen molar-refractivity contribution in [3.63, 3.8) is 0 Å². The van der Waals surface area contributed by atoms with Crippen LogP contribution in [0, 0.1) is 18.8 Å². The minimum Gasteiger partial charge on any atom is -0.0848 e. The van der Waals surface area contributed by atoms with Gasteiger partial charge in [0, 0.05) is 0 Å². The zero-order valence-corrected chi connectivity index (χ0v) is 7.88. The maximum absolute atomic E-state index is 4.01. The standard InChI is InChI=1S/C11H19/c1-5-6-7-8-9-11(4)10(2)3/h6-11H,4-5H2,1-3H3/b7-6+,9-8+. The number of hydrogen-bond donors (Lipinski definition) is 0. The molecule has 0 rings (SSSR count). The largest absolute Gasteiger partial charge is 0.0848 e. The first-order valence-electron chi connectivity index (χ1n) is 4.34. The highest BCUT2D eigenvalue weighted by Crippen LogP contribution is 2.09. The van der Waals surface area contributed by atoms with E-state index in [-0.39, 0.29) is 0 Å². The molecule has 11 heavy (non-hydrogen) atoms. The van der Waals surface area contributed by atoms with Crippen molar-refractivity contribution < 1.29 is 0 Å². The minimum atomic E-state index is 0.441. The summed E-state index contributed by atoms with van der Waals surface area (Å²) >= 11 is 0. The van der Waals surface area contributed by atoms with Crippen LogP contribution in [0.4, 0.5) is 0 Å². The lowest BCUT2D eigenvalue weighted by atomic mass is 9.98. The Hall–Kier alpha value is -0.520. The van der Waals surface area contributed by atoms with Crippen LogP contribution >= 0.6 is 0 Å². The Bertz CT molecular complexity index is 129. The van der Waals surface area contributed by atoms with Crippen molar-refractivity contribution in [2.75, 3.05) is 0 Å². The topological polar surface area (TPSA) is 0 Å². The van der Waals surface area contributed by atoms with Crippen LogP contribution in [-0.2, 0) is 0 Å². The van der Waals surface area contributed by atoms with Crippen LogP contribution in [0.2, 0.25) is 0 Å². The van der Waals surface area contributed by atoms with E-state index in [0.717, 1.165) is 6.42 Å². The van der Waals surface area contributed by atoms with E-state index >= 15 is 0 Å². The van der Waals surface area contributed by atoms with Crippen molar-refractivity contribution in [1.82, 2.24) is 0 Å². The number of allylic oxidation sites excluding steroid dienone is 4. The van der Waals surface area contributed by atoms with Gasteiger partial charge in [0.05, 0.1) is 0 Å². The van der Waals surface area contributed by atoms with Gasteiger partial charge < -0.3 is 0 Å². The van der Waals surface area contributed by atoms with Crippen LogP contribution in [-0.4, -0.2) is 0 Å². The van der Waals surface area contributed by atoms with Crippen LogP contribution in [0.5, 0.6) is 0 Å². The quantitative estimate of drug-likeness (QED) is 0.538. The van der Waals surface area contributed by atoms with E-state index in [2.05, 4.69) is 52.0 Å². The lowest BCUT2D eigenvalue weighted by Gasteiger charge is -2.08. The molecular formula is C11H19. The van der Waals surface area contributed by atoms with Gasteiger partial charge in [-0.15, -0.1) is 0 Å². The van der Waals surface area contributed by atoms with Gasteiger partial charge in [0.2, 0.25) is 0 Å². The summed E-state index contributed by atoms with van der Waals surface area (Å²) < 4.78 is 0. The summed E-state index contributed by atoms with van der Waals surface area (Å²) in [5.41, 5.74) is 0. The molecule has 0 heteroatoms. The monoisotopic (exact) mass is 151 g/mol. The number of rotatable bonds is 4. The second-order valence-corrected chi connectivity index (χ2v) is 3.13. The predicted molar refractivity (Wildman–Crippen MR) is 52.3 cm³/mol. The lowest BCUT2D eigenvalue weighted by molar-refractivity contribution is 0.547. The molecule has 0 fully saturated rings. The molecule has 0 aliphatic rings. The molecule has 0 saturated carbocycles. The molecule has 0 spiro atoms. The van der Waals surface area contributed by atoms with Crippen molar-refractivity contribution in [3.8, 4) is 0 Å². The van der Waals surface area contributed by atoms with E-state index in [0.29, 0.717) is 11.8 Å². The first-order valence-corrected chi connectivity index (χ1v) is 4.34. The first-order chi connectivity index (χ1) is 5.18. The Balaban J connectivity index is 3.64. The number of hydrogen-bond acceptors (Lipinski definition) is 0. The molecule has 0 aromatic carbocycles. The molecule has 1 radical (unpaired) electrons. The summed E-state index contributed by atoms with van der Waals surface area (Å²) in [7, 11) is 0. The van der Waals surface area contributed by atoms with Crippen molar-refractivity contribution in [1.29, 1.82) is 0 Å². The van der Waals surface area contributed by atoms with Crippen LogP contribution in [0.3, 0.4) is 0 Å². The Labute approximate surface area is 71.0 Å². The molecule has 0 aliphatic carbocycles. The molecule has 0 nitrogen and oxygen atoms in total. The van der Waals surface area contributed by atoms with E-state index in [1.165, 1.54) is 0 Å². The van der Waals surface area contributed by atoms with E-state index in [1.807, 2.05) is 0 Å². The maximum Gasteiger partial charge on any atom is -0.0207 e. The van der Waals surface area contributed by atoms with Gasteiger partial charge in [0.25, 0.3) is 0 Å². The fourth-order valence-corrected chi connectivity index (χ4v) is 0.644. The molecule has 0 amide bonds. The second kappa shape index (κ2) is 6.21. The van der Waals surface area contributed by atoms with Crippen LogP contribution in [0.25, 0.3) is 0 Å². The predicted octanol–water partition coefficient (Wildman–Crippen LogP) is 3.62. The molecule has 63 valence electrons. The lowest BCUT2D eigenvalue weighted by Crippen LogP contribution is -1.99. The van der Waals surface area contributed by atoms with E-state index in [9.17, 15) is 0 Å². The summed E-state index contributed by atoms with van der Waals surface area (Å²) in [4.78, 5) is 0. The molecule has 0 N–H and O–H groups in total. The Morgan fingerprint density at radius 1 is 1.27 bits per heavy atom. The molecular weight excluding hydrogens is 132 g/mol. The molecule has 0 saturated heterocycles. The highest BCUT2D eigenvalue weighted by atomic mass is 14.0. The molecule has 1 atom stereocenters. The molecule has 0 aromatic rings. The highest BCUT2D eigenvalue weighted by molar-refractivity contribution is 5.05. The fraction of sp³-hybridized carbons (Fsp3) is 0.545. The zero-order chi connectivity index (χ0) is 8.69. The van der Waals surface area contributed by atoms with Gasteiger partial charge in [-0.25, -0.2) is 0 Å². The maximum atomic E-state index is 4.01. The average Bonchev–Trinajstić information content (AvgIpc) is 1.97. The van der Waals surface area contributed by atoms with Gasteiger partial charge >= 0.3 is 0 Å². The molecule has 0 bridgehead atoms. The molecule has 0 aliphatic heterocycles.